The van der Waals surface area contributed by atoms with Gasteiger partial charge in [0.2, 0.25) is 0 Å². The smallest absolute Gasteiger partial charge is 0.253 e. The highest BCUT2D eigenvalue weighted by molar-refractivity contribution is 5.99. The first kappa shape index (κ1) is 13.8. The van der Waals surface area contributed by atoms with Crippen molar-refractivity contribution in [2.75, 3.05) is 5.73 Å². The number of amides is 1. The van der Waals surface area contributed by atoms with E-state index in [9.17, 15) is 9.18 Å². The summed E-state index contributed by atoms with van der Waals surface area (Å²) in [7, 11) is 0. The van der Waals surface area contributed by atoms with E-state index in [1.165, 1.54) is 18.6 Å². The van der Waals surface area contributed by atoms with E-state index in [4.69, 9.17) is 5.73 Å². The normalized spacial score (nSPS) is 23.7. The molecule has 4 heteroatoms. The number of hydrogen-bond acceptors (Lipinski definition) is 2. The third-order valence-corrected chi connectivity index (χ3v) is 3.89. The first-order valence-electron chi connectivity index (χ1n) is 6.92. The summed E-state index contributed by atoms with van der Waals surface area (Å²) in [5.74, 6) is -0.0835. The summed E-state index contributed by atoms with van der Waals surface area (Å²) >= 11 is 0. The molecule has 1 saturated carbocycles. The number of halogens is 1. The first-order chi connectivity index (χ1) is 9.08. The number of nitrogens with two attached hydrogens (primary N) is 1. The molecule has 3 N–H and O–H groups in total. The van der Waals surface area contributed by atoms with Crippen LogP contribution >= 0.6 is 0 Å². The van der Waals surface area contributed by atoms with Crippen molar-refractivity contribution < 1.29 is 9.18 Å². The summed E-state index contributed by atoms with van der Waals surface area (Å²) in [4.78, 5) is 12.1. The van der Waals surface area contributed by atoms with Gasteiger partial charge in [0.05, 0.1) is 11.3 Å². The molecule has 0 radical (unpaired) electrons. The van der Waals surface area contributed by atoms with Crippen LogP contribution in [0.25, 0.3) is 0 Å². The minimum absolute atomic E-state index is 0.0676. The van der Waals surface area contributed by atoms with Gasteiger partial charge in [-0.05, 0) is 37.3 Å². The van der Waals surface area contributed by atoms with Gasteiger partial charge in [-0.25, -0.2) is 4.39 Å². The van der Waals surface area contributed by atoms with Crippen LogP contribution in [0.15, 0.2) is 18.2 Å². The molecule has 1 aromatic carbocycles. The number of carbonyl (C=O) groups excluding carboxylic acids is 1. The summed E-state index contributed by atoms with van der Waals surface area (Å²) in [6.45, 7) is 2.24. The van der Waals surface area contributed by atoms with Crippen LogP contribution < -0.4 is 11.1 Å². The molecule has 1 fully saturated rings. The monoisotopic (exact) mass is 264 g/mol. The average Bonchev–Trinajstić information content (AvgIpc) is 2.58. The van der Waals surface area contributed by atoms with Crippen molar-refractivity contribution in [2.45, 2.75) is 45.1 Å². The summed E-state index contributed by atoms with van der Waals surface area (Å²) in [6, 6.07) is 4.52. The van der Waals surface area contributed by atoms with E-state index in [0.717, 1.165) is 31.6 Å². The number of nitrogen functional groups attached to an aromatic ring is 1. The van der Waals surface area contributed by atoms with Gasteiger partial charge in [-0.1, -0.05) is 25.8 Å². The number of para-hydroxylation sites is 1. The van der Waals surface area contributed by atoms with Crippen molar-refractivity contribution in [1.29, 1.82) is 0 Å². The third-order valence-electron chi connectivity index (χ3n) is 3.89. The van der Waals surface area contributed by atoms with Gasteiger partial charge in [0.15, 0.2) is 0 Å². The van der Waals surface area contributed by atoms with Crippen LogP contribution in [0.1, 0.15) is 49.4 Å². The van der Waals surface area contributed by atoms with Gasteiger partial charge in [0.1, 0.15) is 5.82 Å². The molecule has 2 unspecified atom stereocenters. The fraction of sp³-hybridized carbons (Fsp3) is 0.533. The lowest BCUT2D eigenvalue weighted by Gasteiger charge is -2.17. The van der Waals surface area contributed by atoms with Gasteiger partial charge >= 0.3 is 0 Å². The first-order valence-corrected chi connectivity index (χ1v) is 6.92. The molecule has 104 valence electrons. The Morgan fingerprint density at radius 3 is 2.89 bits per heavy atom. The summed E-state index contributed by atoms with van der Waals surface area (Å²) < 4.78 is 13.3. The predicted molar refractivity (Wildman–Crippen MR) is 74.3 cm³/mol. The molecule has 1 aromatic rings. The Hall–Kier alpha value is -1.58. The Balaban J connectivity index is 2.02. The number of rotatable bonds is 2. The number of nitrogens with one attached hydrogen (secondary N) is 1. The van der Waals surface area contributed by atoms with Crippen molar-refractivity contribution in [3.05, 3.63) is 29.6 Å². The molecule has 0 aliphatic heterocycles. The zero-order valence-electron chi connectivity index (χ0n) is 11.3. The second-order valence-electron chi connectivity index (χ2n) is 5.48. The van der Waals surface area contributed by atoms with Crippen molar-refractivity contribution in [3.8, 4) is 0 Å². The van der Waals surface area contributed by atoms with E-state index in [1.54, 1.807) is 6.07 Å². The van der Waals surface area contributed by atoms with Gasteiger partial charge in [0.25, 0.3) is 5.91 Å². The molecule has 19 heavy (non-hydrogen) atoms. The fourth-order valence-electron chi connectivity index (χ4n) is 2.63. The van der Waals surface area contributed by atoms with Crippen LogP contribution in [0.2, 0.25) is 0 Å². The highest BCUT2D eigenvalue weighted by atomic mass is 19.1. The molecule has 2 rings (SSSR count). The topological polar surface area (TPSA) is 55.1 Å². The maximum Gasteiger partial charge on any atom is 0.253 e. The highest BCUT2D eigenvalue weighted by Crippen LogP contribution is 2.23. The lowest BCUT2D eigenvalue weighted by Crippen LogP contribution is -2.35. The Morgan fingerprint density at radius 2 is 2.11 bits per heavy atom. The third kappa shape index (κ3) is 3.46. The van der Waals surface area contributed by atoms with E-state index >= 15 is 0 Å². The van der Waals surface area contributed by atoms with E-state index in [1.807, 2.05) is 0 Å². The minimum Gasteiger partial charge on any atom is -0.396 e. The van der Waals surface area contributed by atoms with Gasteiger partial charge in [-0.3, -0.25) is 4.79 Å². The minimum atomic E-state index is -0.540. The van der Waals surface area contributed by atoms with Crippen molar-refractivity contribution in [3.63, 3.8) is 0 Å². The second kappa shape index (κ2) is 6.04. The van der Waals surface area contributed by atoms with Crippen molar-refractivity contribution in [2.24, 2.45) is 5.92 Å². The number of carbonyl (C=O) groups is 1. The number of hydrogen-bond donors (Lipinski definition) is 2. The summed E-state index contributed by atoms with van der Waals surface area (Å²) in [6.07, 6.45) is 5.45. The van der Waals surface area contributed by atoms with Crippen LogP contribution in [-0.2, 0) is 0 Å². The Kier molecular flexibility index (Phi) is 4.40. The van der Waals surface area contributed by atoms with Crippen LogP contribution in [-0.4, -0.2) is 11.9 Å². The lowest BCUT2D eigenvalue weighted by molar-refractivity contribution is 0.0933. The summed E-state index contributed by atoms with van der Waals surface area (Å²) in [5.41, 5.74) is 5.77. The van der Waals surface area contributed by atoms with Gasteiger partial charge in [0, 0.05) is 6.04 Å². The quantitative estimate of drug-likeness (QED) is 0.637. The Labute approximate surface area is 113 Å². The Morgan fingerprint density at radius 1 is 1.32 bits per heavy atom. The molecule has 0 bridgehead atoms. The largest absolute Gasteiger partial charge is 0.396 e. The van der Waals surface area contributed by atoms with Crippen LogP contribution in [0.4, 0.5) is 10.1 Å². The average molecular weight is 264 g/mol. The SMILES string of the molecule is CC1CCCC(NC(=O)c2cccc(F)c2N)CC1. The van der Waals surface area contributed by atoms with Gasteiger partial charge in [-0.2, -0.15) is 0 Å². The molecular weight excluding hydrogens is 243 g/mol. The molecule has 1 aliphatic carbocycles. The van der Waals surface area contributed by atoms with Crippen LogP contribution in [0.3, 0.4) is 0 Å². The molecule has 0 spiro atoms. The maximum absolute atomic E-state index is 13.3. The van der Waals surface area contributed by atoms with E-state index in [-0.39, 0.29) is 23.2 Å². The van der Waals surface area contributed by atoms with Crippen LogP contribution in [0, 0.1) is 11.7 Å². The standard InChI is InChI=1S/C15H21FN2O/c1-10-4-2-5-11(9-8-10)18-15(19)12-6-3-7-13(16)14(12)17/h3,6-7,10-11H,2,4-5,8-9,17H2,1H3,(H,18,19). The highest BCUT2D eigenvalue weighted by Gasteiger charge is 2.20. The number of anilines is 1. The Bertz CT molecular complexity index is 461. The molecule has 0 aromatic heterocycles. The molecular formula is C15H21FN2O. The summed E-state index contributed by atoms with van der Waals surface area (Å²) in [5, 5.41) is 2.98. The number of benzene rings is 1. The molecule has 0 saturated heterocycles. The molecule has 3 nitrogen and oxygen atoms in total. The van der Waals surface area contributed by atoms with E-state index in [0.29, 0.717) is 0 Å². The van der Waals surface area contributed by atoms with Gasteiger partial charge < -0.3 is 11.1 Å². The lowest BCUT2D eigenvalue weighted by atomic mass is 10.0. The fourth-order valence-corrected chi connectivity index (χ4v) is 2.63. The second-order valence-corrected chi connectivity index (χ2v) is 5.48. The van der Waals surface area contributed by atoms with Crippen LogP contribution in [0.5, 0.6) is 0 Å². The molecule has 1 amide bonds. The predicted octanol–water partition coefficient (Wildman–Crippen LogP) is 3.11. The van der Waals surface area contributed by atoms with E-state index in [2.05, 4.69) is 12.2 Å². The zero-order valence-corrected chi connectivity index (χ0v) is 11.3. The zero-order chi connectivity index (χ0) is 13.8. The van der Waals surface area contributed by atoms with E-state index < -0.39 is 5.82 Å². The molecule has 0 heterocycles. The van der Waals surface area contributed by atoms with Crippen molar-refractivity contribution in [1.82, 2.24) is 5.32 Å². The molecule has 1 aliphatic rings. The van der Waals surface area contributed by atoms with Crippen molar-refractivity contribution >= 4 is 11.6 Å². The molecule has 2 atom stereocenters. The van der Waals surface area contributed by atoms with Gasteiger partial charge in [-0.15, -0.1) is 0 Å². The maximum atomic E-state index is 13.3.